The molecule has 0 spiro atoms. The molecule has 0 aliphatic carbocycles. The summed E-state index contributed by atoms with van der Waals surface area (Å²) in [6.45, 7) is 4.30. The van der Waals surface area contributed by atoms with Crippen LogP contribution < -0.4 is 0 Å². The van der Waals surface area contributed by atoms with E-state index >= 15 is 0 Å². The van der Waals surface area contributed by atoms with Crippen molar-refractivity contribution in [2.24, 2.45) is 0 Å². The average Bonchev–Trinajstić information content (AvgIpc) is 3.08. The lowest BCUT2D eigenvalue weighted by Gasteiger charge is -2.32. The number of nitrogens with zero attached hydrogens (tertiary/aromatic N) is 4. The van der Waals surface area contributed by atoms with Crippen molar-refractivity contribution in [2.45, 2.75) is 25.3 Å². The van der Waals surface area contributed by atoms with Gasteiger partial charge in [-0.2, -0.15) is 10.2 Å². The van der Waals surface area contributed by atoms with E-state index in [4.69, 9.17) is 0 Å². The molecule has 0 unspecified atom stereocenters. The van der Waals surface area contributed by atoms with E-state index in [1.165, 1.54) is 25.1 Å². The lowest BCUT2D eigenvalue weighted by molar-refractivity contribution is 0.197. The third-order valence-corrected chi connectivity index (χ3v) is 4.12. The Kier molecular flexibility index (Phi) is 3.98. The van der Waals surface area contributed by atoms with Crippen molar-refractivity contribution in [2.75, 3.05) is 19.6 Å². The van der Waals surface area contributed by atoms with Gasteiger partial charge in [0.1, 0.15) is 0 Å². The largest absolute Gasteiger partial charge is 0.301 e. The lowest BCUT2D eigenvalue weighted by Crippen LogP contribution is -2.36. The molecule has 19 heavy (non-hydrogen) atoms. The number of nitrogens with one attached hydrogen (secondary N) is 1. The van der Waals surface area contributed by atoms with Crippen LogP contribution in [0, 0.1) is 0 Å². The molecule has 2 aromatic rings. The molecule has 0 aromatic carbocycles. The summed E-state index contributed by atoms with van der Waals surface area (Å²) in [6, 6.07) is 2.10. The quantitative estimate of drug-likeness (QED) is 0.938. The van der Waals surface area contributed by atoms with Gasteiger partial charge < -0.3 is 4.90 Å². The predicted octanol–water partition coefficient (Wildman–Crippen LogP) is 2.25. The summed E-state index contributed by atoms with van der Waals surface area (Å²) in [5.41, 5.74) is 1.27. The molecule has 1 N–H and O–H groups in total. The van der Waals surface area contributed by atoms with Crippen LogP contribution in [0.25, 0.3) is 0 Å². The van der Waals surface area contributed by atoms with Crippen molar-refractivity contribution < 1.29 is 0 Å². The SMILES string of the molecule is Brc1cnn(CCN2CCC[C@@H](c3ccn[nH]3)C2)c1. The van der Waals surface area contributed by atoms with E-state index in [9.17, 15) is 0 Å². The number of aromatic amines is 1. The molecule has 0 saturated carbocycles. The summed E-state index contributed by atoms with van der Waals surface area (Å²) < 4.78 is 3.03. The van der Waals surface area contributed by atoms with Crippen LogP contribution in [0.3, 0.4) is 0 Å². The zero-order valence-corrected chi connectivity index (χ0v) is 12.4. The van der Waals surface area contributed by atoms with Crippen molar-refractivity contribution in [1.29, 1.82) is 0 Å². The Morgan fingerprint density at radius 1 is 1.42 bits per heavy atom. The van der Waals surface area contributed by atoms with E-state index in [-0.39, 0.29) is 0 Å². The number of hydrogen-bond acceptors (Lipinski definition) is 3. The molecule has 2 aromatic heterocycles. The van der Waals surface area contributed by atoms with Crippen molar-refractivity contribution in [3.05, 3.63) is 34.8 Å². The van der Waals surface area contributed by atoms with Gasteiger partial charge in [-0.3, -0.25) is 9.78 Å². The van der Waals surface area contributed by atoms with Crippen LogP contribution in [-0.2, 0) is 6.54 Å². The molecule has 102 valence electrons. The minimum Gasteiger partial charge on any atom is -0.301 e. The fraction of sp³-hybridized carbons (Fsp3) is 0.538. The van der Waals surface area contributed by atoms with Gasteiger partial charge in [0.15, 0.2) is 0 Å². The Labute approximate surface area is 121 Å². The zero-order chi connectivity index (χ0) is 13.1. The van der Waals surface area contributed by atoms with Gasteiger partial charge in [0, 0.05) is 37.1 Å². The molecule has 3 rings (SSSR count). The maximum absolute atomic E-state index is 4.30. The van der Waals surface area contributed by atoms with Crippen LogP contribution in [0.15, 0.2) is 29.1 Å². The molecule has 0 amide bonds. The molecule has 3 heterocycles. The number of H-pyrrole nitrogens is 1. The number of likely N-dealkylation sites (tertiary alicyclic amines) is 1. The standard InChI is InChI=1S/C13H18BrN5/c14-12-8-16-19(10-12)7-6-18-5-1-2-11(9-18)13-3-4-15-17-13/h3-4,8,10-11H,1-2,5-7,9H2,(H,15,17)/t11-/m1/s1. The molecule has 5 nitrogen and oxygen atoms in total. The molecule has 0 radical (unpaired) electrons. The van der Waals surface area contributed by atoms with Gasteiger partial charge in [-0.25, -0.2) is 0 Å². The van der Waals surface area contributed by atoms with Gasteiger partial charge in [-0.1, -0.05) is 0 Å². The summed E-state index contributed by atoms with van der Waals surface area (Å²) in [5.74, 6) is 0.598. The van der Waals surface area contributed by atoms with Gasteiger partial charge >= 0.3 is 0 Å². The van der Waals surface area contributed by atoms with Gasteiger partial charge in [-0.15, -0.1) is 0 Å². The molecule has 1 atom stereocenters. The smallest absolute Gasteiger partial charge is 0.0632 e. The molecular weight excluding hydrogens is 306 g/mol. The molecule has 6 heteroatoms. The maximum atomic E-state index is 4.30. The normalized spacial score (nSPS) is 20.8. The van der Waals surface area contributed by atoms with Gasteiger partial charge in [-0.05, 0) is 41.4 Å². The van der Waals surface area contributed by atoms with Crippen molar-refractivity contribution in [3.63, 3.8) is 0 Å². The fourth-order valence-corrected chi connectivity index (χ4v) is 3.04. The molecule has 1 aliphatic heterocycles. The summed E-state index contributed by atoms with van der Waals surface area (Å²) in [6.07, 6.45) is 8.22. The number of piperidine rings is 1. The zero-order valence-electron chi connectivity index (χ0n) is 10.8. The highest BCUT2D eigenvalue weighted by Gasteiger charge is 2.21. The average molecular weight is 324 g/mol. The monoisotopic (exact) mass is 323 g/mol. The summed E-state index contributed by atoms with van der Waals surface area (Å²) in [4.78, 5) is 2.52. The fourth-order valence-electron chi connectivity index (χ4n) is 2.71. The number of rotatable bonds is 4. The van der Waals surface area contributed by atoms with Crippen LogP contribution in [0.1, 0.15) is 24.5 Å². The van der Waals surface area contributed by atoms with E-state index < -0.39 is 0 Å². The van der Waals surface area contributed by atoms with Gasteiger partial charge in [0.25, 0.3) is 0 Å². The first-order valence-electron chi connectivity index (χ1n) is 6.71. The Morgan fingerprint density at radius 3 is 3.11 bits per heavy atom. The first-order valence-corrected chi connectivity index (χ1v) is 7.50. The van der Waals surface area contributed by atoms with Gasteiger partial charge in [0.2, 0.25) is 0 Å². The van der Waals surface area contributed by atoms with Crippen LogP contribution in [0.5, 0.6) is 0 Å². The molecule has 1 fully saturated rings. The first kappa shape index (κ1) is 12.9. The van der Waals surface area contributed by atoms with E-state index in [0.717, 1.165) is 24.1 Å². The summed E-state index contributed by atoms with van der Waals surface area (Å²) in [5, 5.41) is 11.5. The van der Waals surface area contributed by atoms with Gasteiger partial charge in [0.05, 0.1) is 17.2 Å². The third kappa shape index (κ3) is 3.25. The van der Waals surface area contributed by atoms with Crippen molar-refractivity contribution in [3.8, 4) is 0 Å². The second kappa shape index (κ2) is 5.88. The minimum absolute atomic E-state index is 0.598. The number of aromatic nitrogens is 4. The predicted molar refractivity (Wildman–Crippen MR) is 76.9 cm³/mol. The Hall–Kier alpha value is -1.14. The molecule has 1 aliphatic rings. The van der Waals surface area contributed by atoms with Crippen LogP contribution >= 0.6 is 15.9 Å². The highest BCUT2D eigenvalue weighted by atomic mass is 79.9. The first-order chi connectivity index (χ1) is 9.31. The van der Waals surface area contributed by atoms with Crippen molar-refractivity contribution >= 4 is 15.9 Å². The maximum Gasteiger partial charge on any atom is 0.0632 e. The highest BCUT2D eigenvalue weighted by molar-refractivity contribution is 9.10. The summed E-state index contributed by atoms with van der Waals surface area (Å²) >= 11 is 3.43. The van der Waals surface area contributed by atoms with Crippen LogP contribution in [0.4, 0.5) is 0 Å². The Balaban J connectivity index is 1.54. The second-order valence-corrected chi connectivity index (χ2v) is 5.99. The topological polar surface area (TPSA) is 49.7 Å². The lowest BCUT2D eigenvalue weighted by atomic mass is 9.95. The number of hydrogen-bond donors (Lipinski definition) is 1. The molecule has 0 bridgehead atoms. The molecule has 1 saturated heterocycles. The third-order valence-electron chi connectivity index (χ3n) is 3.71. The second-order valence-electron chi connectivity index (χ2n) is 5.07. The Bertz CT molecular complexity index is 507. The molecular formula is C13H18BrN5. The summed E-state index contributed by atoms with van der Waals surface area (Å²) in [7, 11) is 0. The van der Waals surface area contributed by atoms with Crippen LogP contribution in [0.2, 0.25) is 0 Å². The van der Waals surface area contributed by atoms with E-state index in [1.54, 1.807) is 0 Å². The van der Waals surface area contributed by atoms with E-state index in [0.29, 0.717) is 5.92 Å². The van der Waals surface area contributed by atoms with E-state index in [2.05, 4.69) is 42.2 Å². The highest BCUT2D eigenvalue weighted by Crippen LogP contribution is 2.24. The van der Waals surface area contributed by atoms with Crippen molar-refractivity contribution in [1.82, 2.24) is 24.9 Å². The minimum atomic E-state index is 0.598. The number of halogens is 1. The van der Waals surface area contributed by atoms with Crippen LogP contribution in [-0.4, -0.2) is 44.5 Å². The van der Waals surface area contributed by atoms with E-state index in [1.807, 2.05) is 23.3 Å². The Morgan fingerprint density at radius 2 is 2.37 bits per heavy atom.